The van der Waals surface area contributed by atoms with Crippen LogP contribution in [-0.4, -0.2) is 29.1 Å². The number of hydrogen-bond donors (Lipinski definition) is 1. The zero-order valence-electron chi connectivity index (χ0n) is 15.0. The summed E-state index contributed by atoms with van der Waals surface area (Å²) in [6.07, 6.45) is 7.10. The third-order valence-corrected chi connectivity index (χ3v) is 4.38. The van der Waals surface area contributed by atoms with Crippen molar-refractivity contribution >= 4 is 5.91 Å². The van der Waals surface area contributed by atoms with Gasteiger partial charge in [-0.15, -0.1) is 0 Å². The summed E-state index contributed by atoms with van der Waals surface area (Å²) in [5.41, 5.74) is 0. The lowest BCUT2D eigenvalue weighted by Crippen LogP contribution is -2.44. The lowest BCUT2D eigenvalue weighted by Gasteiger charge is -2.31. The molecule has 1 fully saturated rings. The van der Waals surface area contributed by atoms with E-state index in [4.69, 9.17) is 0 Å². The third-order valence-electron chi connectivity index (χ3n) is 4.38. The maximum absolute atomic E-state index is 12.8. The van der Waals surface area contributed by atoms with Gasteiger partial charge in [0, 0.05) is 6.04 Å². The van der Waals surface area contributed by atoms with Crippen molar-refractivity contribution in [1.29, 1.82) is 0 Å². The molecule has 0 bridgehead atoms. The second kappa shape index (κ2) is 8.77. The maximum atomic E-state index is 12.8. The van der Waals surface area contributed by atoms with Gasteiger partial charge in [-0.3, -0.25) is 10.1 Å². The fourth-order valence-corrected chi connectivity index (χ4v) is 3.34. The van der Waals surface area contributed by atoms with Crippen molar-refractivity contribution in [2.45, 2.75) is 98.3 Å². The second-order valence-electron chi connectivity index (χ2n) is 7.58. The molecular weight excluding hydrogens is 260 g/mol. The summed E-state index contributed by atoms with van der Waals surface area (Å²) in [5, 5.41) is 3.60. The summed E-state index contributed by atoms with van der Waals surface area (Å²) in [6, 6.07) is 0.389. The van der Waals surface area contributed by atoms with Crippen molar-refractivity contribution in [2.75, 3.05) is 0 Å². The summed E-state index contributed by atoms with van der Waals surface area (Å²) in [5.74, 6) is 1.50. The van der Waals surface area contributed by atoms with Crippen LogP contribution in [0.2, 0.25) is 0 Å². The van der Waals surface area contributed by atoms with Gasteiger partial charge in [0.15, 0.2) is 0 Å². The van der Waals surface area contributed by atoms with E-state index in [2.05, 4.69) is 51.8 Å². The first-order valence-corrected chi connectivity index (χ1v) is 8.95. The van der Waals surface area contributed by atoms with Crippen molar-refractivity contribution in [1.82, 2.24) is 10.2 Å². The minimum absolute atomic E-state index is 0.0300. The molecule has 1 heterocycles. The molecule has 3 heteroatoms. The van der Waals surface area contributed by atoms with E-state index in [0.29, 0.717) is 23.8 Å². The molecule has 1 aliphatic rings. The summed E-state index contributed by atoms with van der Waals surface area (Å²) in [7, 11) is 0. The average Bonchev–Trinajstić information content (AvgIpc) is 2.64. The molecule has 0 aliphatic carbocycles. The van der Waals surface area contributed by atoms with Crippen LogP contribution < -0.4 is 5.32 Å². The number of carbonyl (C=O) groups is 1. The minimum Gasteiger partial charge on any atom is -0.323 e. The third kappa shape index (κ3) is 5.61. The van der Waals surface area contributed by atoms with Crippen LogP contribution in [0.4, 0.5) is 0 Å². The Kier molecular flexibility index (Phi) is 7.72. The molecule has 1 saturated heterocycles. The summed E-state index contributed by atoms with van der Waals surface area (Å²) >= 11 is 0. The zero-order chi connectivity index (χ0) is 16.0. The fraction of sp³-hybridized carbons (Fsp3) is 0.944. The van der Waals surface area contributed by atoms with Crippen molar-refractivity contribution in [3.63, 3.8) is 0 Å². The van der Waals surface area contributed by atoms with Crippen LogP contribution in [0, 0.1) is 11.8 Å². The Balaban J connectivity index is 2.71. The Bertz CT molecular complexity index is 314. The maximum Gasteiger partial charge on any atom is 0.241 e. The van der Waals surface area contributed by atoms with Gasteiger partial charge in [-0.05, 0) is 38.0 Å². The molecule has 3 atom stereocenters. The molecule has 1 N–H and O–H groups in total. The Morgan fingerprint density at radius 2 is 1.67 bits per heavy atom. The van der Waals surface area contributed by atoms with Crippen molar-refractivity contribution < 1.29 is 4.79 Å². The lowest BCUT2D eigenvalue weighted by atomic mass is 10.0. The predicted octanol–water partition coefficient (Wildman–Crippen LogP) is 4.17. The Hall–Kier alpha value is -0.570. The fourth-order valence-electron chi connectivity index (χ4n) is 3.34. The van der Waals surface area contributed by atoms with Crippen LogP contribution in [0.15, 0.2) is 0 Å². The van der Waals surface area contributed by atoms with Gasteiger partial charge in [-0.1, -0.05) is 53.9 Å². The second-order valence-corrected chi connectivity index (χ2v) is 7.58. The van der Waals surface area contributed by atoms with Gasteiger partial charge in [-0.2, -0.15) is 0 Å². The number of hydrogen-bond acceptors (Lipinski definition) is 2. The number of rotatable bonds is 9. The molecule has 21 heavy (non-hydrogen) atoms. The van der Waals surface area contributed by atoms with Gasteiger partial charge in [0.25, 0.3) is 0 Å². The normalized spacial score (nSPS) is 24.4. The molecule has 3 unspecified atom stereocenters. The first kappa shape index (κ1) is 18.5. The first-order chi connectivity index (χ1) is 9.86. The molecule has 0 spiro atoms. The summed E-state index contributed by atoms with van der Waals surface area (Å²) in [6.45, 7) is 13.3. The number of nitrogens with zero attached hydrogens (tertiary/aromatic N) is 1. The number of carbonyl (C=O) groups excluding carboxylic acids is 1. The van der Waals surface area contributed by atoms with E-state index >= 15 is 0 Å². The van der Waals surface area contributed by atoms with Gasteiger partial charge in [0.05, 0.1) is 12.2 Å². The molecule has 0 aromatic heterocycles. The monoisotopic (exact) mass is 296 g/mol. The lowest BCUT2D eigenvalue weighted by molar-refractivity contribution is -0.132. The highest BCUT2D eigenvalue weighted by atomic mass is 16.2. The van der Waals surface area contributed by atoms with E-state index in [9.17, 15) is 4.79 Å². The van der Waals surface area contributed by atoms with Crippen molar-refractivity contribution in [3.8, 4) is 0 Å². The molecule has 0 aromatic carbocycles. The van der Waals surface area contributed by atoms with Gasteiger partial charge in [0.1, 0.15) is 0 Å². The molecule has 0 aromatic rings. The molecule has 1 rings (SSSR count). The SMILES string of the molecule is CCCCCC(C)N1C(=O)C(CC(C)C)NC1CC(C)C. The van der Waals surface area contributed by atoms with Gasteiger partial charge < -0.3 is 4.90 Å². The molecular formula is C18H36N2O. The van der Waals surface area contributed by atoms with Gasteiger partial charge in [0.2, 0.25) is 5.91 Å². The van der Waals surface area contributed by atoms with E-state index in [0.717, 1.165) is 19.3 Å². The number of amides is 1. The smallest absolute Gasteiger partial charge is 0.241 e. The largest absolute Gasteiger partial charge is 0.323 e. The predicted molar refractivity (Wildman–Crippen MR) is 90.1 cm³/mol. The van der Waals surface area contributed by atoms with Gasteiger partial charge in [-0.25, -0.2) is 0 Å². The molecule has 124 valence electrons. The highest BCUT2D eigenvalue weighted by molar-refractivity contribution is 5.84. The first-order valence-electron chi connectivity index (χ1n) is 8.95. The van der Waals surface area contributed by atoms with Crippen LogP contribution in [0.5, 0.6) is 0 Å². The number of unbranched alkanes of at least 4 members (excludes halogenated alkanes) is 2. The minimum atomic E-state index is 0.0300. The van der Waals surface area contributed by atoms with E-state index in [-0.39, 0.29) is 12.2 Å². The van der Waals surface area contributed by atoms with E-state index in [1.54, 1.807) is 0 Å². The Morgan fingerprint density at radius 3 is 2.19 bits per heavy atom. The topological polar surface area (TPSA) is 32.3 Å². The Morgan fingerprint density at radius 1 is 1.05 bits per heavy atom. The van der Waals surface area contributed by atoms with E-state index in [1.165, 1.54) is 19.3 Å². The van der Waals surface area contributed by atoms with E-state index < -0.39 is 0 Å². The molecule has 0 radical (unpaired) electrons. The number of nitrogens with one attached hydrogen (secondary N) is 1. The van der Waals surface area contributed by atoms with Crippen LogP contribution in [0.1, 0.15) is 80.1 Å². The zero-order valence-corrected chi connectivity index (χ0v) is 15.0. The molecule has 1 amide bonds. The van der Waals surface area contributed by atoms with E-state index in [1.807, 2.05) is 0 Å². The van der Waals surface area contributed by atoms with Crippen molar-refractivity contribution in [2.24, 2.45) is 11.8 Å². The molecule has 3 nitrogen and oxygen atoms in total. The average molecular weight is 296 g/mol. The molecule has 1 aliphatic heterocycles. The van der Waals surface area contributed by atoms with Gasteiger partial charge >= 0.3 is 0 Å². The van der Waals surface area contributed by atoms with Crippen LogP contribution in [0.25, 0.3) is 0 Å². The summed E-state index contributed by atoms with van der Waals surface area (Å²) in [4.78, 5) is 14.9. The Labute approximate surface area is 131 Å². The van der Waals surface area contributed by atoms with Crippen LogP contribution in [0.3, 0.4) is 0 Å². The summed E-state index contributed by atoms with van der Waals surface area (Å²) < 4.78 is 0. The quantitative estimate of drug-likeness (QED) is 0.648. The molecule has 0 saturated carbocycles. The highest BCUT2D eigenvalue weighted by Gasteiger charge is 2.40. The highest BCUT2D eigenvalue weighted by Crippen LogP contribution is 2.25. The van der Waals surface area contributed by atoms with Crippen LogP contribution in [-0.2, 0) is 4.79 Å². The standard InChI is InChI=1S/C18H36N2O/c1-7-8-9-10-15(6)20-17(12-14(4)5)19-16(18(20)21)11-13(2)3/h13-17,19H,7-12H2,1-6H3. The van der Waals surface area contributed by atoms with Crippen molar-refractivity contribution in [3.05, 3.63) is 0 Å². The van der Waals surface area contributed by atoms with Crippen LogP contribution >= 0.6 is 0 Å².